The number of hydrogen-bond acceptors (Lipinski definition) is 3. The SMILES string of the molecule is NC(=O)c1ncn(Cc2ccccc2)c1OCc1ccccc1. The minimum atomic E-state index is -0.597. The first-order valence-corrected chi connectivity index (χ1v) is 7.29. The number of hydrogen-bond donors (Lipinski definition) is 1. The van der Waals surface area contributed by atoms with Crippen molar-refractivity contribution in [3.63, 3.8) is 0 Å². The summed E-state index contributed by atoms with van der Waals surface area (Å²) in [6.07, 6.45) is 1.58. The van der Waals surface area contributed by atoms with E-state index in [1.54, 1.807) is 10.9 Å². The fourth-order valence-electron chi connectivity index (χ4n) is 2.31. The molecule has 0 saturated carbocycles. The monoisotopic (exact) mass is 307 g/mol. The number of carbonyl (C=O) groups excluding carboxylic acids is 1. The van der Waals surface area contributed by atoms with Gasteiger partial charge >= 0.3 is 0 Å². The van der Waals surface area contributed by atoms with Crippen molar-refractivity contribution in [3.8, 4) is 5.88 Å². The van der Waals surface area contributed by atoms with Crippen molar-refractivity contribution in [1.29, 1.82) is 0 Å². The molecular weight excluding hydrogens is 290 g/mol. The van der Waals surface area contributed by atoms with Gasteiger partial charge in [0.2, 0.25) is 5.88 Å². The smallest absolute Gasteiger partial charge is 0.272 e. The molecule has 0 unspecified atom stereocenters. The summed E-state index contributed by atoms with van der Waals surface area (Å²) in [5.74, 6) is -0.204. The molecule has 0 spiro atoms. The van der Waals surface area contributed by atoms with Crippen LogP contribution in [0, 0.1) is 0 Å². The predicted octanol–water partition coefficient (Wildman–Crippen LogP) is 2.61. The second-order valence-corrected chi connectivity index (χ2v) is 5.15. The maximum Gasteiger partial charge on any atom is 0.272 e. The molecule has 0 saturated heterocycles. The largest absolute Gasteiger partial charge is 0.472 e. The van der Waals surface area contributed by atoms with E-state index in [2.05, 4.69) is 4.98 Å². The van der Waals surface area contributed by atoms with Gasteiger partial charge in [0, 0.05) is 0 Å². The van der Waals surface area contributed by atoms with Crippen molar-refractivity contribution in [2.45, 2.75) is 13.2 Å². The standard InChI is InChI=1S/C18H17N3O2/c19-17(22)16-18(23-12-15-9-5-2-6-10-15)21(13-20-16)11-14-7-3-1-4-8-14/h1-10,13H,11-12H2,(H2,19,22). The number of nitrogens with zero attached hydrogens (tertiary/aromatic N) is 2. The van der Waals surface area contributed by atoms with E-state index in [0.29, 0.717) is 19.0 Å². The first-order valence-electron chi connectivity index (χ1n) is 7.29. The van der Waals surface area contributed by atoms with E-state index in [1.807, 2.05) is 60.7 Å². The highest BCUT2D eigenvalue weighted by Crippen LogP contribution is 2.20. The summed E-state index contributed by atoms with van der Waals surface area (Å²) in [4.78, 5) is 15.7. The first-order chi connectivity index (χ1) is 11.2. The zero-order chi connectivity index (χ0) is 16.1. The van der Waals surface area contributed by atoms with E-state index in [4.69, 9.17) is 10.5 Å². The lowest BCUT2D eigenvalue weighted by Crippen LogP contribution is -2.14. The number of rotatable bonds is 6. The highest BCUT2D eigenvalue weighted by atomic mass is 16.5. The fraction of sp³-hybridized carbons (Fsp3) is 0.111. The van der Waals surface area contributed by atoms with Crippen LogP contribution in [0.5, 0.6) is 5.88 Å². The van der Waals surface area contributed by atoms with Crippen molar-refractivity contribution in [2.24, 2.45) is 5.73 Å². The lowest BCUT2D eigenvalue weighted by atomic mass is 10.2. The highest BCUT2D eigenvalue weighted by molar-refractivity contribution is 5.93. The molecule has 3 aromatic rings. The minimum Gasteiger partial charge on any atom is -0.472 e. The number of ether oxygens (including phenoxy) is 1. The molecule has 1 amide bonds. The van der Waals surface area contributed by atoms with Gasteiger partial charge in [0.05, 0.1) is 12.9 Å². The van der Waals surface area contributed by atoms with Gasteiger partial charge in [0.25, 0.3) is 5.91 Å². The molecule has 1 heterocycles. The maximum atomic E-state index is 11.6. The lowest BCUT2D eigenvalue weighted by molar-refractivity contribution is 0.0990. The normalized spacial score (nSPS) is 10.4. The van der Waals surface area contributed by atoms with Crippen LogP contribution < -0.4 is 10.5 Å². The van der Waals surface area contributed by atoms with Crippen LogP contribution in [0.25, 0.3) is 0 Å². The highest BCUT2D eigenvalue weighted by Gasteiger charge is 2.17. The molecule has 0 radical (unpaired) electrons. The molecule has 5 heteroatoms. The third-order valence-corrected chi connectivity index (χ3v) is 3.44. The number of primary amides is 1. The molecule has 0 bridgehead atoms. The zero-order valence-electron chi connectivity index (χ0n) is 12.6. The van der Waals surface area contributed by atoms with E-state index < -0.39 is 5.91 Å². The Hall–Kier alpha value is -3.08. The Kier molecular flexibility index (Phi) is 4.38. The number of amides is 1. The van der Waals surface area contributed by atoms with Gasteiger partial charge in [-0.2, -0.15) is 0 Å². The third-order valence-electron chi connectivity index (χ3n) is 3.44. The van der Waals surface area contributed by atoms with E-state index in [0.717, 1.165) is 11.1 Å². The van der Waals surface area contributed by atoms with Crippen LogP contribution in [0.1, 0.15) is 21.6 Å². The van der Waals surface area contributed by atoms with Gasteiger partial charge in [-0.1, -0.05) is 60.7 Å². The number of aromatic nitrogens is 2. The van der Waals surface area contributed by atoms with Gasteiger partial charge in [0.15, 0.2) is 5.69 Å². The molecule has 1 aromatic heterocycles. The summed E-state index contributed by atoms with van der Waals surface area (Å²) in [5.41, 5.74) is 7.64. The molecule has 23 heavy (non-hydrogen) atoms. The van der Waals surface area contributed by atoms with Crippen LogP contribution in [0.4, 0.5) is 0 Å². The summed E-state index contributed by atoms with van der Waals surface area (Å²) in [5, 5.41) is 0. The molecule has 2 N–H and O–H groups in total. The Morgan fingerprint density at radius 1 is 1.00 bits per heavy atom. The van der Waals surface area contributed by atoms with Crippen LogP contribution in [0.15, 0.2) is 67.0 Å². The third kappa shape index (κ3) is 3.58. The number of benzene rings is 2. The van der Waals surface area contributed by atoms with Gasteiger partial charge in [-0.3, -0.25) is 9.36 Å². The van der Waals surface area contributed by atoms with Crippen molar-refractivity contribution in [3.05, 3.63) is 83.8 Å². The lowest BCUT2D eigenvalue weighted by Gasteiger charge is -2.11. The van der Waals surface area contributed by atoms with Gasteiger partial charge in [-0.05, 0) is 11.1 Å². The van der Waals surface area contributed by atoms with Crippen LogP contribution in [0.2, 0.25) is 0 Å². The van der Waals surface area contributed by atoms with Gasteiger partial charge < -0.3 is 10.5 Å². The van der Waals surface area contributed by atoms with Gasteiger partial charge in [-0.15, -0.1) is 0 Å². The second kappa shape index (κ2) is 6.79. The van der Waals surface area contributed by atoms with Crippen LogP contribution in [0.3, 0.4) is 0 Å². The van der Waals surface area contributed by atoms with Crippen molar-refractivity contribution in [1.82, 2.24) is 9.55 Å². The molecule has 3 rings (SSSR count). The van der Waals surface area contributed by atoms with Gasteiger partial charge in [-0.25, -0.2) is 4.98 Å². The van der Waals surface area contributed by atoms with Crippen LogP contribution in [-0.2, 0) is 13.2 Å². The Labute approximate surface area is 134 Å². The van der Waals surface area contributed by atoms with Crippen molar-refractivity contribution >= 4 is 5.91 Å². The molecular formula is C18H17N3O2. The number of nitrogens with two attached hydrogens (primary N) is 1. The Balaban J connectivity index is 1.84. The molecule has 0 aliphatic rings. The van der Waals surface area contributed by atoms with Crippen molar-refractivity contribution in [2.75, 3.05) is 0 Å². The summed E-state index contributed by atoms with van der Waals surface area (Å²) in [6.45, 7) is 0.910. The zero-order valence-corrected chi connectivity index (χ0v) is 12.6. The summed E-state index contributed by atoms with van der Waals surface area (Å²) >= 11 is 0. The quantitative estimate of drug-likeness (QED) is 0.761. The average Bonchev–Trinajstić information content (AvgIpc) is 2.98. The van der Waals surface area contributed by atoms with Gasteiger partial charge in [0.1, 0.15) is 6.61 Å². The predicted molar refractivity (Wildman–Crippen MR) is 87.1 cm³/mol. The Morgan fingerprint density at radius 2 is 1.61 bits per heavy atom. The molecule has 0 aliphatic carbocycles. The minimum absolute atomic E-state index is 0.150. The van der Waals surface area contributed by atoms with E-state index in [9.17, 15) is 4.79 Å². The van der Waals surface area contributed by atoms with E-state index in [1.165, 1.54) is 0 Å². The van der Waals surface area contributed by atoms with E-state index in [-0.39, 0.29) is 5.69 Å². The van der Waals surface area contributed by atoms with Crippen LogP contribution >= 0.6 is 0 Å². The van der Waals surface area contributed by atoms with E-state index >= 15 is 0 Å². The Morgan fingerprint density at radius 3 is 2.22 bits per heavy atom. The Bertz CT molecular complexity index is 783. The molecule has 0 atom stereocenters. The molecule has 0 aliphatic heterocycles. The topological polar surface area (TPSA) is 70.1 Å². The number of carbonyl (C=O) groups is 1. The first kappa shape index (κ1) is 14.8. The molecule has 116 valence electrons. The molecule has 0 fully saturated rings. The summed E-state index contributed by atoms with van der Waals surface area (Å²) in [7, 11) is 0. The van der Waals surface area contributed by atoms with Crippen molar-refractivity contribution < 1.29 is 9.53 Å². The summed E-state index contributed by atoms with van der Waals surface area (Å²) < 4.78 is 7.62. The summed E-state index contributed by atoms with van der Waals surface area (Å²) in [6, 6.07) is 19.6. The molecule has 2 aromatic carbocycles. The number of imidazole rings is 1. The molecule has 5 nitrogen and oxygen atoms in total. The van der Waals surface area contributed by atoms with Crippen LogP contribution in [-0.4, -0.2) is 15.5 Å². The maximum absolute atomic E-state index is 11.6. The average molecular weight is 307 g/mol. The second-order valence-electron chi connectivity index (χ2n) is 5.15. The fourth-order valence-corrected chi connectivity index (χ4v) is 2.31.